The Bertz CT molecular complexity index is 729. The van der Waals surface area contributed by atoms with Gasteiger partial charge in [0.2, 0.25) is 0 Å². The maximum absolute atomic E-state index is 5.41. The summed E-state index contributed by atoms with van der Waals surface area (Å²) >= 11 is 0. The normalized spacial score (nSPS) is 10.6. The fourth-order valence-corrected chi connectivity index (χ4v) is 2.45. The van der Waals surface area contributed by atoms with E-state index in [4.69, 9.17) is 4.74 Å². The van der Waals surface area contributed by atoms with Crippen molar-refractivity contribution in [3.8, 4) is 16.9 Å². The van der Waals surface area contributed by atoms with Gasteiger partial charge in [-0.3, -0.25) is 0 Å². The second-order valence-electron chi connectivity index (χ2n) is 4.77. The summed E-state index contributed by atoms with van der Waals surface area (Å²) in [4.78, 5) is 0. The first-order valence-corrected chi connectivity index (χ1v) is 6.42. The Balaban J connectivity index is 2.32. The predicted octanol–water partition coefficient (Wildman–Crippen LogP) is 4.82. The molecule has 0 aliphatic rings. The quantitative estimate of drug-likeness (QED) is 0.631. The summed E-state index contributed by atoms with van der Waals surface area (Å²) in [5.41, 5.74) is 3.72. The zero-order valence-corrected chi connectivity index (χ0v) is 11.2. The highest BCUT2D eigenvalue weighted by Crippen LogP contribution is 2.33. The Labute approximate surface area is 113 Å². The van der Waals surface area contributed by atoms with Gasteiger partial charge >= 0.3 is 0 Å². The Morgan fingerprint density at radius 2 is 1.68 bits per heavy atom. The Hall–Kier alpha value is -2.28. The predicted molar refractivity (Wildman–Crippen MR) is 80.7 cm³/mol. The summed E-state index contributed by atoms with van der Waals surface area (Å²) in [6, 6.07) is 21.2. The van der Waals surface area contributed by atoms with Crippen molar-refractivity contribution in [1.29, 1.82) is 0 Å². The molecular formula is C18H16O. The summed E-state index contributed by atoms with van der Waals surface area (Å²) in [6.45, 7) is 2.12. The van der Waals surface area contributed by atoms with Crippen LogP contribution in [0.2, 0.25) is 0 Å². The van der Waals surface area contributed by atoms with Crippen LogP contribution >= 0.6 is 0 Å². The monoisotopic (exact) mass is 248 g/mol. The van der Waals surface area contributed by atoms with Gasteiger partial charge in [0.15, 0.2) is 0 Å². The lowest BCUT2D eigenvalue weighted by molar-refractivity contribution is 0.415. The van der Waals surface area contributed by atoms with Crippen molar-refractivity contribution < 1.29 is 4.74 Å². The molecule has 0 aliphatic heterocycles. The lowest BCUT2D eigenvalue weighted by Gasteiger charge is -2.10. The SMILES string of the molecule is COc1cc(-c2cccc(C)c2)c2ccccc2c1. The molecule has 0 bridgehead atoms. The van der Waals surface area contributed by atoms with Crippen molar-refractivity contribution in [2.75, 3.05) is 7.11 Å². The first-order valence-electron chi connectivity index (χ1n) is 6.42. The summed E-state index contributed by atoms with van der Waals surface area (Å²) in [7, 11) is 1.71. The smallest absolute Gasteiger partial charge is 0.120 e. The highest BCUT2D eigenvalue weighted by atomic mass is 16.5. The molecule has 94 valence electrons. The second-order valence-corrected chi connectivity index (χ2v) is 4.77. The third kappa shape index (κ3) is 2.19. The Kier molecular flexibility index (Phi) is 2.96. The van der Waals surface area contributed by atoms with Gasteiger partial charge in [-0.2, -0.15) is 0 Å². The van der Waals surface area contributed by atoms with E-state index in [0.717, 1.165) is 5.75 Å². The summed E-state index contributed by atoms with van der Waals surface area (Å²) in [5.74, 6) is 0.898. The molecule has 19 heavy (non-hydrogen) atoms. The molecule has 0 aliphatic carbocycles. The van der Waals surface area contributed by atoms with Gasteiger partial charge in [-0.25, -0.2) is 0 Å². The molecule has 0 atom stereocenters. The fourth-order valence-electron chi connectivity index (χ4n) is 2.45. The lowest BCUT2D eigenvalue weighted by Crippen LogP contribution is -1.87. The van der Waals surface area contributed by atoms with Crippen LogP contribution < -0.4 is 4.74 Å². The van der Waals surface area contributed by atoms with E-state index in [1.807, 2.05) is 0 Å². The fraction of sp³-hybridized carbons (Fsp3) is 0.111. The average Bonchev–Trinajstić information content (AvgIpc) is 2.46. The molecule has 3 rings (SSSR count). The molecular weight excluding hydrogens is 232 g/mol. The largest absolute Gasteiger partial charge is 0.497 e. The molecule has 0 radical (unpaired) electrons. The third-order valence-corrected chi connectivity index (χ3v) is 3.40. The zero-order chi connectivity index (χ0) is 13.2. The van der Waals surface area contributed by atoms with Crippen molar-refractivity contribution in [3.63, 3.8) is 0 Å². The van der Waals surface area contributed by atoms with Crippen molar-refractivity contribution >= 4 is 10.8 Å². The van der Waals surface area contributed by atoms with Gasteiger partial charge in [0.25, 0.3) is 0 Å². The molecule has 3 aromatic rings. The molecule has 0 amide bonds. The first-order chi connectivity index (χ1) is 9.28. The molecule has 0 spiro atoms. The van der Waals surface area contributed by atoms with Gasteiger partial charge in [0.05, 0.1) is 7.11 Å². The van der Waals surface area contributed by atoms with E-state index in [1.54, 1.807) is 7.11 Å². The van der Waals surface area contributed by atoms with E-state index in [0.29, 0.717) is 0 Å². The van der Waals surface area contributed by atoms with Crippen LogP contribution in [-0.2, 0) is 0 Å². The van der Waals surface area contributed by atoms with Crippen LogP contribution in [0.1, 0.15) is 5.56 Å². The minimum Gasteiger partial charge on any atom is -0.497 e. The number of fused-ring (bicyclic) bond motifs is 1. The van der Waals surface area contributed by atoms with Gasteiger partial charge in [-0.1, -0.05) is 54.1 Å². The molecule has 1 heteroatoms. The molecule has 3 aromatic carbocycles. The summed E-state index contributed by atoms with van der Waals surface area (Å²) < 4.78 is 5.41. The van der Waals surface area contributed by atoms with Crippen molar-refractivity contribution in [3.05, 3.63) is 66.2 Å². The van der Waals surface area contributed by atoms with Crippen molar-refractivity contribution in [2.45, 2.75) is 6.92 Å². The number of methoxy groups -OCH3 is 1. The number of ether oxygens (including phenoxy) is 1. The van der Waals surface area contributed by atoms with E-state index in [-0.39, 0.29) is 0 Å². The topological polar surface area (TPSA) is 9.23 Å². The highest BCUT2D eigenvalue weighted by molar-refractivity contribution is 5.97. The lowest BCUT2D eigenvalue weighted by atomic mass is 9.97. The summed E-state index contributed by atoms with van der Waals surface area (Å²) in [5, 5.41) is 2.47. The second kappa shape index (κ2) is 4.77. The van der Waals surface area contributed by atoms with E-state index in [9.17, 15) is 0 Å². The van der Waals surface area contributed by atoms with Crippen LogP contribution in [0, 0.1) is 6.92 Å². The molecule has 0 saturated carbocycles. The average molecular weight is 248 g/mol. The Morgan fingerprint density at radius 1 is 0.842 bits per heavy atom. The number of hydrogen-bond acceptors (Lipinski definition) is 1. The minimum atomic E-state index is 0.898. The van der Waals surface area contributed by atoms with E-state index >= 15 is 0 Å². The molecule has 0 aromatic heterocycles. The van der Waals surface area contributed by atoms with Crippen LogP contribution in [0.15, 0.2) is 60.7 Å². The minimum absolute atomic E-state index is 0.898. The molecule has 0 fully saturated rings. The van der Waals surface area contributed by atoms with E-state index < -0.39 is 0 Å². The van der Waals surface area contributed by atoms with Gasteiger partial charge in [0, 0.05) is 0 Å². The number of hydrogen-bond donors (Lipinski definition) is 0. The van der Waals surface area contributed by atoms with Crippen LogP contribution in [0.25, 0.3) is 21.9 Å². The Morgan fingerprint density at radius 3 is 2.47 bits per heavy atom. The number of benzene rings is 3. The van der Waals surface area contributed by atoms with Crippen molar-refractivity contribution in [2.24, 2.45) is 0 Å². The maximum Gasteiger partial charge on any atom is 0.120 e. The molecule has 0 heterocycles. The van der Waals surface area contributed by atoms with E-state index in [2.05, 4.69) is 67.6 Å². The van der Waals surface area contributed by atoms with Crippen LogP contribution in [-0.4, -0.2) is 7.11 Å². The van der Waals surface area contributed by atoms with Crippen LogP contribution in [0.3, 0.4) is 0 Å². The third-order valence-electron chi connectivity index (χ3n) is 3.40. The van der Waals surface area contributed by atoms with Crippen LogP contribution in [0.4, 0.5) is 0 Å². The van der Waals surface area contributed by atoms with Gasteiger partial charge in [-0.15, -0.1) is 0 Å². The summed E-state index contributed by atoms with van der Waals surface area (Å²) in [6.07, 6.45) is 0. The first kappa shape index (κ1) is 11.8. The van der Waals surface area contributed by atoms with Gasteiger partial charge < -0.3 is 4.74 Å². The maximum atomic E-state index is 5.41. The zero-order valence-electron chi connectivity index (χ0n) is 11.2. The van der Waals surface area contributed by atoms with Crippen molar-refractivity contribution in [1.82, 2.24) is 0 Å². The number of rotatable bonds is 2. The number of aryl methyl sites for hydroxylation is 1. The van der Waals surface area contributed by atoms with Gasteiger partial charge in [0.1, 0.15) is 5.75 Å². The highest BCUT2D eigenvalue weighted by Gasteiger charge is 2.06. The molecule has 0 N–H and O–H groups in total. The standard InChI is InChI=1S/C18H16O/c1-13-6-5-8-14(10-13)18-12-16(19-2)11-15-7-3-4-9-17(15)18/h3-12H,1-2H3. The molecule has 0 unspecified atom stereocenters. The van der Waals surface area contributed by atoms with Gasteiger partial charge in [-0.05, 0) is 41.0 Å². The molecule has 1 nitrogen and oxygen atoms in total. The molecule has 0 saturated heterocycles. The van der Waals surface area contributed by atoms with E-state index in [1.165, 1.54) is 27.5 Å². The van der Waals surface area contributed by atoms with Crippen LogP contribution in [0.5, 0.6) is 5.75 Å².